The van der Waals surface area contributed by atoms with E-state index >= 15 is 0 Å². The average Bonchev–Trinajstić information content (AvgIpc) is 3.26. The zero-order chi connectivity index (χ0) is 17.2. The molecule has 4 heterocycles. The highest BCUT2D eigenvalue weighted by atomic mass is 32.1. The van der Waals surface area contributed by atoms with Gasteiger partial charge in [0.2, 0.25) is 0 Å². The number of aromatic amines is 1. The van der Waals surface area contributed by atoms with Crippen LogP contribution in [0.15, 0.2) is 12.3 Å². The second-order valence-electron chi connectivity index (χ2n) is 6.09. The Balaban J connectivity index is 1.71. The van der Waals surface area contributed by atoms with E-state index in [1.54, 1.807) is 11.3 Å². The van der Waals surface area contributed by atoms with Crippen molar-refractivity contribution in [3.8, 4) is 6.01 Å². The summed E-state index contributed by atoms with van der Waals surface area (Å²) in [6, 6.07) is 2.58. The van der Waals surface area contributed by atoms with Crippen LogP contribution in [-0.2, 0) is 19.4 Å². The Morgan fingerprint density at radius 3 is 3.16 bits per heavy atom. The number of anilines is 1. The largest absolute Gasteiger partial charge is 0.463 e. The molecule has 0 unspecified atom stereocenters. The minimum Gasteiger partial charge on any atom is -0.463 e. The van der Waals surface area contributed by atoms with Crippen LogP contribution in [0, 0.1) is 0 Å². The van der Waals surface area contributed by atoms with Crippen molar-refractivity contribution in [3.05, 3.63) is 28.4 Å². The molecule has 0 atom stereocenters. The number of aliphatic hydroxyl groups excluding tert-OH is 1. The molecule has 1 aliphatic heterocycles. The molecule has 0 bridgehead atoms. The van der Waals surface area contributed by atoms with Crippen molar-refractivity contribution in [2.45, 2.75) is 32.7 Å². The van der Waals surface area contributed by atoms with Crippen LogP contribution in [0.25, 0.3) is 10.2 Å². The van der Waals surface area contributed by atoms with Gasteiger partial charge in [0.15, 0.2) is 0 Å². The summed E-state index contributed by atoms with van der Waals surface area (Å²) in [4.78, 5) is 13.8. The van der Waals surface area contributed by atoms with Crippen LogP contribution in [0.3, 0.4) is 0 Å². The quantitative estimate of drug-likeness (QED) is 0.657. The van der Waals surface area contributed by atoms with Gasteiger partial charge < -0.3 is 14.7 Å². The van der Waals surface area contributed by atoms with Crippen molar-refractivity contribution in [2.75, 3.05) is 24.7 Å². The lowest BCUT2D eigenvalue weighted by molar-refractivity contribution is 0.225. The summed E-state index contributed by atoms with van der Waals surface area (Å²) in [6.45, 7) is 4.33. The lowest BCUT2D eigenvalue weighted by atomic mass is 10.1. The molecule has 0 aromatic carbocycles. The third kappa shape index (κ3) is 3.19. The van der Waals surface area contributed by atoms with Crippen LogP contribution in [0.4, 0.5) is 5.82 Å². The third-order valence-electron chi connectivity index (χ3n) is 4.39. The number of nitrogens with one attached hydrogen (secondary N) is 1. The molecule has 0 fully saturated rings. The molecular formula is C17H21N5O2S. The summed E-state index contributed by atoms with van der Waals surface area (Å²) in [7, 11) is 0. The van der Waals surface area contributed by atoms with Crippen LogP contribution in [0.1, 0.15) is 29.5 Å². The molecular weight excluding hydrogens is 338 g/mol. The monoisotopic (exact) mass is 359 g/mol. The normalized spacial score (nSPS) is 14.1. The topological polar surface area (TPSA) is 87.2 Å². The van der Waals surface area contributed by atoms with Crippen molar-refractivity contribution in [1.82, 2.24) is 20.2 Å². The number of aryl methyl sites for hydroxylation is 1. The lowest BCUT2D eigenvalue weighted by Gasteiger charge is -2.28. The number of hydrogen-bond donors (Lipinski definition) is 2. The average molecular weight is 359 g/mol. The van der Waals surface area contributed by atoms with Gasteiger partial charge in [-0.2, -0.15) is 15.1 Å². The maximum Gasteiger partial charge on any atom is 0.319 e. The van der Waals surface area contributed by atoms with Crippen molar-refractivity contribution in [3.63, 3.8) is 0 Å². The molecule has 25 heavy (non-hydrogen) atoms. The van der Waals surface area contributed by atoms with Gasteiger partial charge in [-0.05, 0) is 12.5 Å². The maximum atomic E-state index is 8.95. The first-order chi connectivity index (χ1) is 12.3. The van der Waals surface area contributed by atoms with Gasteiger partial charge in [0.1, 0.15) is 10.6 Å². The number of aromatic nitrogens is 4. The maximum absolute atomic E-state index is 8.95. The van der Waals surface area contributed by atoms with Gasteiger partial charge in [0.05, 0.1) is 18.2 Å². The minimum atomic E-state index is 0.101. The van der Waals surface area contributed by atoms with Crippen molar-refractivity contribution >= 4 is 27.4 Å². The van der Waals surface area contributed by atoms with E-state index in [-0.39, 0.29) is 6.61 Å². The smallest absolute Gasteiger partial charge is 0.319 e. The molecule has 0 amide bonds. The predicted molar refractivity (Wildman–Crippen MR) is 97.3 cm³/mol. The predicted octanol–water partition coefficient (Wildman–Crippen LogP) is 2.30. The summed E-state index contributed by atoms with van der Waals surface area (Å²) in [5.41, 5.74) is 2.42. The Bertz CT molecular complexity index is 875. The highest BCUT2D eigenvalue weighted by molar-refractivity contribution is 7.18. The van der Waals surface area contributed by atoms with Crippen LogP contribution in [0.5, 0.6) is 6.01 Å². The summed E-state index contributed by atoms with van der Waals surface area (Å²) in [5, 5.41) is 17.3. The molecule has 1 aliphatic rings. The Kier molecular flexibility index (Phi) is 4.54. The minimum absolute atomic E-state index is 0.101. The second-order valence-corrected chi connectivity index (χ2v) is 7.20. The number of ether oxygens (including phenoxy) is 1. The highest BCUT2D eigenvalue weighted by Gasteiger charge is 2.23. The summed E-state index contributed by atoms with van der Waals surface area (Å²) in [5.74, 6) is 0.923. The van der Waals surface area contributed by atoms with Gasteiger partial charge in [0, 0.05) is 48.7 Å². The van der Waals surface area contributed by atoms with Crippen LogP contribution in [0.2, 0.25) is 0 Å². The van der Waals surface area contributed by atoms with E-state index in [0.29, 0.717) is 19.0 Å². The number of hydrogen-bond acceptors (Lipinski definition) is 7. The summed E-state index contributed by atoms with van der Waals surface area (Å²) < 4.78 is 5.66. The van der Waals surface area contributed by atoms with E-state index in [0.717, 1.165) is 42.0 Å². The summed E-state index contributed by atoms with van der Waals surface area (Å²) in [6.07, 6.45) is 4.37. The zero-order valence-corrected chi connectivity index (χ0v) is 15.0. The van der Waals surface area contributed by atoms with Gasteiger partial charge >= 0.3 is 6.01 Å². The second kappa shape index (κ2) is 6.97. The first-order valence-corrected chi connectivity index (χ1v) is 9.40. The fourth-order valence-corrected chi connectivity index (χ4v) is 4.00. The van der Waals surface area contributed by atoms with E-state index in [1.165, 1.54) is 16.1 Å². The molecule has 0 spiro atoms. The molecule has 132 valence electrons. The fraction of sp³-hybridized carbons (Fsp3) is 0.471. The molecule has 8 heteroatoms. The van der Waals surface area contributed by atoms with Crippen molar-refractivity contribution < 1.29 is 9.84 Å². The van der Waals surface area contributed by atoms with Gasteiger partial charge in [-0.3, -0.25) is 5.10 Å². The van der Waals surface area contributed by atoms with Crippen molar-refractivity contribution in [2.24, 2.45) is 0 Å². The third-order valence-corrected chi connectivity index (χ3v) is 5.56. The van der Waals surface area contributed by atoms with E-state index in [1.807, 2.05) is 6.20 Å². The number of fused-ring (bicyclic) bond motifs is 2. The fourth-order valence-electron chi connectivity index (χ4n) is 3.05. The van der Waals surface area contributed by atoms with Crippen LogP contribution in [-0.4, -0.2) is 45.0 Å². The number of thiophene rings is 1. The Morgan fingerprint density at radius 1 is 1.40 bits per heavy atom. The highest BCUT2D eigenvalue weighted by Crippen LogP contribution is 2.34. The Hall–Kier alpha value is -2.19. The van der Waals surface area contributed by atoms with Gasteiger partial charge in [0.25, 0.3) is 0 Å². The van der Waals surface area contributed by atoms with Gasteiger partial charge in [-0.15, -0.1) is 11.3 Å². The SMILES string of the molecule is CCc1cc2c(N3CCc4[nH]ncc4C3)nc(OCCCO)nc2s1. The molecule has 0 saturated carbocycles. The number of aliphatic hydroxyl groups is 1. The Morgan fingerprint density at radius 2 is 2.32 bits per heavy atom. The molecule has 3 aromatic heterocycles. The van der Waals surface area contributed by atoms with E-state index in [4.69, 9.17) is 9.84 Å². The van der Waals surface area contributed by atoms with Crippen LogP contribution >= 0.6 is 11.3 Å². The number of nitrogens with zero attached hydrogens (tertiary/aromatic N) is 4. The van der Waals surface area contributed by atoms with E-state index < -0.39 is 0 Å². The summed E-state index contributed by atoms with van der Waals surface area (Å²) >= 11 is 1.69. The zero-order valence-electron chi connectivity index (χ0n) is 14.2. The number of H-pyrrole nitrogens is 1. The number of rotatable bonds is 6. The van der Waals surface area contributed by atoms with Crippen LogP contribution < -0.4 is 9.64 Å². The van der Waals surface area contributed by atoms with E-state index in [9.17, 15) is 0 Å². The van der Waals surface area contributed by atoms with Crippen molar-refractivity contribution in [1.29, 1.82) is 0 Å². The van der Waals surface area contributed by atoms with Gasteiger partial charge in [-0.1, -0.05) is 6.92 Å². The Labute approximate surface area is 149 Å². The van der Waals surface area contributed by atoms with E-state index in [2.05, 4.69) is 38.1 Å². The van der Waals surface area contributed by atoms with Gasteiger partial charge in [-0.25, -0.2) is 0 Å². The molecule has 0 saturated heterocycles. The molecule has 3 aromatic rings. The molecule has 4 rings (SSSR count). The molecule has 7 nitrogen and oxygen atoms in total. The molecule has 2 N–H and O–H groups in total. The standard InChI is InChI=1S/C17H21N5O2S/c1-2-12-8-13-15(22-5-4-14-11(10-22)9-18-21-14)19-17(20-16(13)25-12)24-7-3-6-23/h8-9,23H,2-7,10H2,1H3,(H,18,21). The lowest BCUT2D eigenvalue weighted by Crippen LogP contribution is -2.31. The first kappa shape index (κ1) is 16.3. The first-order valence-electron chi connectivity index (χ1n) is 8.58. The molecule has 0 aliphatic carbocycles. The molecule has 0 radical (unpaired) electrons.